The van der Waals surface area contributed by atoms with Crippen LogP contribution >= 0.6 is 0 Å². The number of nitrogens with zero attached hydrogens (tertiary/aromatic N) is 2. The van der Waals surface area contributed by atoms with Crippen LogP contribution in [0.5, 0.6) is 0 Å². The van der Waals surface area contributed by atoms with E-state index in [0.717, 1.165) is 39.1 Å². The summed E-state index contributed by atoms with van der Waals surface area (Å²) in [6.07, 6.45) is 0. The lowest BCUT2D eigenvalue weighted by molar-refractivity contribution is 0.299. The SMILES string of the molecule is CC1(C)c2ccccc2-c2cc(-c3ccc4c(-c5ccccc5)nc(-c5ccccc5)nc4c3)ccc2C1(C)C. The summed E-state index contributed by atoms with van der Waals surface area (Å²) in [7, 11) is 0. The monoisotopic (exact) mass is 516 g/mol. The lowest BCUT2D eigenvalue weighted by Gasteiger charge is -2.48. The van der Waals surface area contributed by atoms with E-state index in [0.29, 0.717) is 0 Å². The second-order valence-corrected chi connectivity index (χ2v) is 11.9. The predicted octanol–water partition coefficient (Wildman–Crippen LogP) is 9.87. The quantitative estimate of drug-likeness (QED) is 0.234. The Bertz CT molecular complexity index is 1880. The van der Waals surface area contributed by atoms with Gasteiger partial charge in [0.2, 0.25) is 0 Å². The molecule has 40 heavy (non-hydrogen) atoms. The van der Waals surface area contributed by atoms with Crippen LogP contribution in [0.4, 0.5) is 0 Å². The highest BCUT2D eigenvalue weighted by atomic mass is 14.9. The zero-order chi connectivity index (χ0) is 27.5. The summed E-state index contributed by atoms with van der Waals surface area (Å²) in [5.74, 6) is 0.743. The Morgan fingerprint density at radius 3 is 1.75 bits per heavy atom. The molecule has 1 aliphatic carbocycles. The van der Waals surface area contributed by atoms with Crippen LogP contribution in [0.15, 0.2) is 121 Å². The second-order valence-electron chi connectivity index (χ2n) is 11.9. The molecule has 5 aromatic carbocycles. The minimum Gasteiger partial charge on any atom is -0.228 e. The fraction of sp³-hybridized carbons (Fsp3) is 0.158. The standard InChI is InChI=1S/C38H32N2/c1-37(2)32-18-12-11-17-29(32)31-23-27(20-22-33(31)38(37,3)4)28-19-21-30-34(24-28)39-36(26-15-9-6-10-16-26)40-35(30)25-13-7-5-8-14-25/h5-24H,1-4H3. The third-order valence-corrected chi connectivity index (χ3v) is 9.26. The minimum absolute atomic E-state index is 0.000989. The zero-order valence-corrected chi connectivity index (χ0v) is 23.4. The summed E-state index contributed by atoms with van der Waals surface area (Å²) < 4.78 is 0. The molecule has 0 spiro atoms. The van der Waals surface area contributed by atoms with Crippen molar-refractivity contribution in [1.82, 2.24) is 9.97 Å². The highest BCUT2D eigenvalue weighted by Gasteiger charge is 2.45. The highest BCUT2D eigenvalue weighted by Crippen LogP contribution is 2.54. The van der Waals surface area contributed by atoms with Gasteiger partial charge in [-0.15, -0.1) is 0 Å². The number of benzene rings is 5. The Morgan fingerprint density at radius 2 is 1.02 bits per heavy atom. The average molecular weight is 517 g/mol. The molecular weight excluding hydrogens is 484 g/mol. The molecule has 0 unspecified atom stereocenters. The van der Waals surface area contributed by atoms with E-state index in [4.69, 9.17) is 9.97 Å². The van der Waals surface area contributed by atoms with Gasteiger partial charge in [0, 0.05) is 16.5 Å². The van der Waals surface area contributed by atoms with Gasteiger partial charge in [-0.05, 0) is 62.4 Å². The van der Waals surface area contributed by atoms with E-state index in [2.05, 4.69) is 125 Å². The van der Waals surface area contributed by atoms with E-state index in [9.17, 15) is 0 Å². The topological polar surface area (TPSA) is 25.8 Å². The maximum absolute atomic E-state index is 5.07. The summed E-state index contributed by atoms with van der Waals surface area (Å²) in [5.41, 5.74) is 11.9. The Morgan fingerprint density at radius 1 is 0.450 bits per heavy atom. The van der Waals surface area contributed by atoms with Gasteiger partial charge in [-0.25, -0.2) is 9.97 Å². The summed E-state index contributed by atoms with van der Waals surface area (Å²) in [6, 6.07) is 43.2. The molecule has 1 aromatic heterocycles. The summed E-state index contributed by atoms with van der Waals surface area (Å²) in [4.78, 5) is 10.1. The van der Waals surface area contributed by atoms with E-state index in [-0.39, 0.29) is 10.8 Å². The largest absolute Gasteiger partial charge is 0.228 e. The molecule has 2 nitrogen and oxygen atoms in total. The van der Waals surface area contributed by atoms with Gasteiger partial charge in [-0.2, -0.15) is 0 Å². The predicted molar refractivity (Wildman–Crippen MR) is 167 cm³/mol. The molecule has 0 radical (unpaired) electrons. The number of hydrogen-bond acceptors (Lipinski definition) is 2. The van der Waals surface area contributed by atoms with Gasteiger partial charge >= 0.3 is 0 Å². The van der Waals surface area contributed by atoms with Crippen molar-refractivity contribution in [2.24, 2.45) is 0 Å². The number of hydrogen-bond donors (Lipinski definition) is 0. The molecule has 0 saturated heterocycles. The van der Waals surface area contributed by atoms with Crippen LogP contribution in [-0.2, 0) is 10.8 Å². The van der Waals surface area contributed by atoms with Crippen molar-refractivity contribution in [1.29, 1.82) is 0 Å². The molecular formula is C38H32N2. The van der Waals surface area contributed by atoms with Crippen molar-refractivity contribution in [3.63, 3.8) is 0 Å². The van der Waals surface area contributed by atoms with Gasteiger partial charge < -0.3 is 0 Å². The van der Waals surface area contributed by atoms with Crippen molar-refractivity contribution in [3.8, 4) is 44.9 Å². The van der Waals surface area contributed by atoms with Crippen LogP contribution < -0.4 is 0 Å². The van der Waals surface area contributed by atoms with Crippen molar-refractivity contribution in [2.45, 2.75) is 38.5 Å². The van der Waals surface area contributed by atoms with Crippen LogP contribution in [0.3, 0.4) is 0 Å². The van der Waals surface area contributed by atoms with Crippen LogP contribution in [-0.4, -0.2) is 9.97 Å². The first-order chi connectivity index (χ1) is 19.3. The van der Waals surface area contributed by atoms with E-state index < -0.39 is 0 Å². The molecule has 2 heteroatoms. The molecule has 194 valence electrons. The lowest BCUT2D eigenvalue weighted by atomic mass is 9.55. The maximum atomic E-state index is 5.07. The molecule has 0 fully saturated rings. The van der Waals surface area contributed by atoms with Gasteiger partial charge in [0.15, 0.2) is 5.82 Å². The van der Waals surface area contributed by atoms with Crippen molar-refractivity contribution in [2.75, 3.05) is 0 Å². The molecule has 1 aliphatic rings. The molecule has 0 amide bonds. The van der Waals surface area contributed by atoms with E-state index in [1.807, 2.05) is 24.3 Å². The van der Waals surface area contributed by atoms with Gasteiger partial charge in [-0.3, -0.25) is 0 Å². The maximum Gasteiger partial charge on any atom is 0.160 e. The third-order valence-electron chi connectivity index (χ3n) is 9.26. The zero-order valence-electron chi connectivity index (χ0n) is 23.4. The number of rotatable bonds is 3. The molecule has 0 bridgehead atoms. The first kappa shape index (κ1) is 24.5. The van der Waals surface area contributed by atoms with Crippen LogP contribution in [0.25, 0.3) is 55.8 Å². The van der Waals surface area contributed by atoms with E-state index >= 15 is 0 Å². The van der Waals surface area contributed by atoms with E-state index in [1.165, 1.54) is 27.8 Å². The number of fused-ring (bicyclic) bond motifs is 4. The first-order valence-corrected chi connectivity index (χ1v) is 14.0. The normalized spacial score (nSPS) is 14.9. The molecule has 0 aliphatic heterocycles. The fourth-order valence-electron chi connectivity index (χ4n) is 6.27. The number of aromatic nitrogens is 2. The molecule has 0 atom stereocenters. The van der Waals surface area contributed by atoms with Gasteiger partial charge in [0.1, 0.15) is 0 Å². The average Bonchev–Trinajstić information content (AvgIpc) is 3.00. The summed E-state index contributed by atoms with van der Waals surface area (Å²) in [6.45, 7) is 9.51. The molecule has 0 saturated carbocycles. The lowest BCUT2D eigenvalue weighted by Crippen LogP contribution is -2.43. The first-order valence-electron chi connectivity index (χ1n) is 14.0. The van der Waals surface area contributed by atoms with Gasteiger partial charge in [-0.1, -0.05) is 131 Å². The molecule has 7 rings (SSSR count). The summed E-state index contributed by atoms with van der Waals surface area (Å²) in [5, 5.41) is 1.06. The molecule has 0 N–H and O–H groups in total. The van der Waals surface area contributed by atoms with Gasteiger partial charge in [0.25, 0.3) is 0 Å². The Balaban J connectivity index is 1.42. The Hall–Kier alpha value is -4.56. The van der Waals surface area contributed by atoms with Crippen molar-refractivity contribution < 1.29 is 0 Å². The van der Waals surface area contributed by atoms with Crippen LogP contribution in [0.2, 0.25) is 0 Å². The minimum atomic E-state index is 0.000989. The second kappa shape index (κ2) is 8.99. The van der Waals surface area contributed by atoms with E-state index in [1.54, 1.807) is 0 Å². The smallest absolute Gasteiger partial charge is 0.160 e. The Labute approximate surface area is 236 Å². The van der Waals surface area contributed by atoms with Crippen LogP contribution in [0, 0.1) is 0 Å². The molecule has 6 aromatic rings. The fourth-order valence-corrected chi connectivity index (χ4v) is 6.27. The van der Waals surface area contributed by atoms with Gasteiger partial charge in [0.05, 0.1) is 11.2 Å². The highest BCUT2D eigenvalue weighted by molar-refractivity contribution is 5.96. The summed E-state index contributed by atoms with van der Waals surface area (Å²) >= 11 is 0. The van der Waals surface area contributed by atoms with Crippen LogP contribution in [0.1, 0.15) is 38.8 Å². The van der Waals surface area contributed by atoms with Crippen molar-refractivity contribution >= 4 is 10.9 Å². The molecule has 1 heterocycles. The third kappa shape index (κ3) is 3.71. The Kier molecular flexibility index (Phi) is 5.50. The van der Waals surface area contributed by atoms with Crippen molar-refractivity contribution in [3.05, 3.63) is 132 Å².